The van der Waals surface area contributed by atoms with Crippen LogP contribution in [0.25, 0.3) is 16.6 Å². The van der Waals surface area contributed by atoms with Crippen LogP contribution in [0.3, 0.4) is 0 Å². The quantitative estimate of drug-likeness (QED) is 0.726. The fourth-order valence-corrected chi connectivity index (χ4v) is 2.87. The number of fused-ring (bicyclic) bond motifs is 1. The van der Waals surface area contributed by atoms with Crippen LogP contribution in [0.15, 0.2) is 42.5 Å². The van der Waals surface area contributed by atoms with Crippen molar-refractivity contribution in [1.82, 2.24) is 24.7 Å². The topological polar surface area (TPSA) is 84.5 Å². The lowest BCUT2D eigenvalue weighted by molar-refractivity contribution is 0.0571. The van der Waals surface area contributed by atoms with Crippen LogP contribution in [0.1, 0.15) is 43.7 Å². The monoisotopic (exact) mass is 367 g/mol. The van der Waals surface area contributed by atoms with E-state index in [0.29, 0.717) is 12.1 Å². The van der Waals surface area contributed by atoms with Crippen LogP contribution in [-0.2, 0) is 6.54 Å². The van der Waals surface area contributed by atoms with Gasteiger partial charge in [-0.1, -0.05) is 5.57 Å². The van der Waals surface area contributed by atoms with Crippen molar-refractivity contribution in [2.24, 2.45) is 0 Å². The van der Waals surface area contributed by atoms with E-state index in [2.05, 4.69) is 15.5 Å². The number of aromatic nitrogens is 4. The molecule has 0 unspecified atom stereocenters. The van der Waals surface area contributed by atoms with E-state index >= 15 is 0 Å². The lowest BCUT2D eigenvalue weighted by Gasteiger charge is -2.18. The highest BCUT2D eigenvalue weighted by atomic mass is 16.3. The van der Waals surface area contributed by atoms with E-state index in [0.717, 1.165) is 27.9 Å². The van der Waals surface area contributed by atoms with Gasteiger partial charge in [0.05, 0.1) is 35.6 Å². The maximum atomic E-state index is 12.4. The first kappa shape index (κ1) is 18.8. The van der Waals surface area contributed by atoms with E-state index < -0.39 is 5.60 Å². The van der Waals surface area contributed by atoms with Crippen LogP contribution >= 0.6 is 0 Å². The predicted octanol–water partition coefficient (Wildman–Crippen LogP) is 2.93. The summed E-state index contributed by atoms with van der Waals surface area (Å²) < 4.78 is 3.47. The first-order valence-corrected chi connectivity index (χ1v) is 8.82. The van der Waals surface area contributed by atoms with Gasteiger partial charge in [-0.2, -0.15) is 10.2 Å². The third-order valence-electron chi connectivity index (χ3n) is 4.21. The van der Waals surface area contributed by atoms with E-state index in [1.54, 1.807) is 41.6 Å². The fraction of sp³-hybridized carbons (Fsp3) is 0.350. The molecule has 0 aromatic carbocycles. The van der Waals surface area contributed by atoms with Crippen molar-refractivity contribution < 1.29 is 9.90 Å². The first-order valence-electron chi connectivity index (χ1n) is 8.82. The highest BCUT2D eigenvalue weighted by Gasteiger charge is 2.18. The molecule has 7 heteroatoms. The van der Waals surface area contributed by atoms with Gasteiger partial charge < -0.3 is 10.4 Å². The Kier molecular flexibility index (Phi) is 4.89. The molecule has 0 aliphatic heterocycles. The number of hydrogen-bond donors (Lipinski definition) is 2. The molecule has 27 heavy (non-hydrogen) atoms. The Labute approximate surface area is 158 Å². The molecule has 0 atom stereocenters. The lowest BCUT2D eigenvalue weighted by Crippen LogP contribution is -2.27. The molecular formula is C20H25N5O2. The average molecular weight is 367 g/mol. The Morgan fingerprint density at radius 2 is 2.04 bits per heavy atom. The van der Waals surface area contributed by atoms with Gasteiger partial charge in [0.15, 0.2) is 0 Å². The van der Waals surface area contributed by atoms with Crippen LogP contribution in [0, 0.1) is 6.92 Å². The smallest absolute Gasteiger partial charge is 0.259 e. The molecule has 7 nitrogen and oxygen atoms in total. The number of amides is 1. The number of carbonyl (C=O) groups excluding carboxylic acids is 1. The van der Waals surface area contributed by atoms with Crippen LogP contribution in [0.5, 0.6) is 0 Å². The second-order valence-electron chi connectivity index (χ2n) is 7.61. The highest BCUT2D eigenvalue weighted by molar-refractivity contribution is 6.01. The molecule has 0 spiro atoms. The van der Waals surface area contributed by atoms with Gasteiger partial charge in [-0.3, -0.25) is 9.48 Å². The number of hydrogen-bond acceptors (Lipinski definition) is 4. The van der Waals surface area contributed by atoms with Crippen molar-refractivity contribution in [2.45, 2.75) is 46.8 Å². The third kappa shape index (κ3) is 4.09. The number of nitrogens with zero attached hydrogens (tertiary/aromatic N) is 4. The van der Waals surface area contributed by atoms with Gasteiger partial charge in [-0.25, -0.2) is 4.52 Å². The van der Waals surface area contributed by atoms with Gasteiger partial charge in [0.25, 0.3) is 5.91 Å². The minimum absolute atomic E-state index is 0.196. The molecule has 0 bridgehead atoms. The zero-order valence-electron chi connectivity index (χ0n) is 16.3. The van der Waals surface area contributed by atoms with Crippen molar-refractivity contribution in [3.63, 3.8) is 0 Å². The summed E-state index contributed by atoms with van der Waals surface area (Å²) in [6.07, 6.45) is 6.86. The number of carbonyl (C=O) groups is 1. The van der Waals surface area contributed by atoms with Crippen LogP contribution in [-0.4, -0.2) is 36.0 Å². The first-order chi connectivity index (χ1) is 12.7. The SMILES string of the molecule is CC(C)=CNC(=O)c1cnn2ccc(-c3cnn(CC(C)(C)O)c3C)cc12. The summed E-state index contributed by atoms with van der Waals surface area (Å²) in [7, 11) is 0. The second-order valence-corrected chi connectivity index (χ2v) is 7.61. The van der Waals surface area contributed by atoms with Crippen molar-refractivity contribution in [3.05, 3.63) is 53.8 Å². The predicted molar refractivity (Wildman–Crippen MR) is 104 cm³/mol. The molecule has 0 fully saturated rings. The molecule has 3 aromatic rings. The summed E-state index contributed by atoms with van der Waals surface area (Å²) in [5, 5.41) is 21.5. The molecule has 0 saturated heterocycles. The standard InChI is InChI=1S/C20H25N5O2/c1-13(2)9-21-19(26)17-11-22-24-7-6-15(8-18(17)24)16-10-23-25(14(16)3)12-20(4,5)27/h6-11,27H,12H2,1-5H3,(H,21,26). The number of allylic oxidation sites excluding steroid dienone is 1. The normalized spacial score (nSPS) is 11.6. The van der Waals surface area contributed by atoms with Gasteiger partial charge in [-0.05, 0) is 52.3 Å². The summed E-state index contributed by atoms with van der Waals surface area (Å²) in [6, 6.07) is 3.87. The zero-order valence-corrected chi connectivity index (χ0v) is 16.3. The third-order valence-corrected chi connectivity index (χ3v) is 4.21. The maximum Gasteiger partial charge on any atom is 0.259 e. The van der Waals surface area contributed by atoms with Crippen molar-refractivity contribution >= 4 is 11.4 Å². The van der Waals surface area contributed by atoms with Crippen molar-refractivity contribution in [2.75, 3.05) is 0 Å². The molecule has 0 aliphatic carbocycles. The van der Waals surface area contributed by atoms with E-state index in [1.807, 2.05) is 39.1 Å². The van der Waals surface area contributed by atoms with Crippen LogP contribution in [0.4, 0.5) is 0 Å². The molecule has 0 aliphatic rings. The Morgan fingerprint density at radius 1 is 1.30 bits per heavy atom. The van der Waals surface area contributed by atoms with Crippen LogP contribution < -0.4 is 5.32 Å². The Balaban J connectivity index is 1.99. The van der Waals surface area contributed by atoms with E-state index in [-0.39, 0.29) is 5.91 Å². The molecule has 3 aromatic heterocycles. The number of aliphatic hydroxyl groups is 1. The van der Waals surface area contributed by atoms with Crippen molar-refractivity contribution in [3.8, 4) is 11.1 Å². The molecular weight excluding hydrogens is 342 g/mol. The van der Waals surface area contributed by atoms with Gasteiger partial charge in [0, 0.05) is 23.7 Å². The molecule has 0 radical (unpaired) electrons. The molecule has 3 rings (SSSR count). The summed E-state index contributed by atoms with van der Waals surface area (Å²) in [5.41, 5.74) is 4.25. The largest absolute Gasteiger partial charge is 0.389 e. The molecule has 3 heterocycles. The van der Waals surface area contributed by atoms with Gasteiger partial charge >= 0.3 is 0 Å². The van der Waals surface area contributed by atoms with E-state index in [9.17, 15) is 9.90 Å². The lowest BCUT2D eigenvalue weighted by atomic mass is 10.1. The van der Waals surface area contributed by atoms with E-state index in [4.69, 9.17) is 0 Å². The summed E-state index contributed by atoms with van der Waals surface area (Å²) in [6.45, 7) is 9.72. The number of pyridine rings is 1. The van der Waals surface area contributed by atoms with Crippen LogP contribution in [0.2, 0.25) is 0 Å². The second kappa shape index (κ2) is 7.00. The minimum Gasteiger partial charge on any atom is -0.389 e. The molecule has 0 saturated carbocycles. The van der Waals surface area contributed by atoms with Gasteiger partial charge in [0.1, 0.15) is 0 Å². The number of rotatable bonds is 5. The van der Waals surface area contributed by atoms with Crippen molar-refractivity contribution in [1.29, 1.82) is 0 Å². The minimum atomic E-state index is -0.848. The summed E-state index contributed by atoms with van der Waals surface area (Å²) in [4.78, 5) is 12.4. The Hall–Kier alpha value is -2.93. The van der Waals surface area contributed by atoms with Gasteiger partial charge in [0.2, 0.25) is 0 Å². The Bertz CT molecular complexity index is 1020. The van der Waals surface area contributed by atoms with Gasteiger partial charge in [-0.15, -0.1) is 0 Å². The maximum absolute atomic E-state index is 12.4. The Morgan fingerprint density at radius 3 is 2.70 bits per heavy atom. The molecule has 142 valence electrons. The molecule has 1 amide bonds. The summed E-state index contributed by atoms with van der Waals surface area (Å²) in [5.74, 6) is -0.196. The highest BCUT2D eigenvalue weighted by Crippen LogP contribution is 2.26. The number of nitrogens with one attached hydrogen (secondary N) is 1. The fourth-order valence-electron chi connectivity index (χ4n) is 2.87. The summed E-state index contributed by atoms with van der Waals surface area (Å²) >= 11 is 0. The zero-order chi connectivity index (χ0) is 19.8. The molecule has 2 N–H and O–H groups in total. The average Bonchev–Trinajstić information content (AvgIpc) is 3.15. The van der Waals surface area contributed by atoms with E-state index in [1.165, 1.54) is 0 Å².